The van der Waals surface area contributed by atoms with Crippen molar-refractivity contribution in [1.82, 2.24) is 10.3 Å². The van der Waals surface area contributed by atoms with Crippen LogP contribution in [0.5, 0.6) is 0 Å². The topological polar surface area (TPSA) is 44.9 Å². The van der Waals surface area contributed by atoms with Crippen molar-refractivity contribution >= 4 is 5.91 Å². The van der Waals surface area contributed by atoms with E-state index in [9.17, 15) is 4.79 Å². The van der Waals surface area contributed by atoms with Gasteiger partial charge in [-0.1, -0.05) is 17.7 Å². The second-order valence-corrected chi connectivity index (χ2v) is 3.74. The highest BCUT2D eigenvalue weighted by molar-refractivity contribution is 5.94. The number of hydrogen-bond donors (Lipinski definition) is 2. The fraction of sp³-hybridized carbons (Fsp3) is 0.154. The van der Waals surface area contributed by atoms with E-state index in [0.29, 0.717) is 12.1 Å². The van der Waals surface area contributed by atoms with Gasteiger partial charge in [0.05, 0.1) is 6.54 Å². The zero-order valence-corrected chi connectivity index (χ0v) is 9.16. The maximum absolute atomic E-state index is 11.7. The Morgan fingerprint density at radius 1 is 1.25 bits per heavy atom. The number of hydrogen-bond acceptors (Lipinski definition) is 1. The van der Waals surface area contributed by atoms with Crippen LogP contribution in [0.2, 0.25) is 0 Å². The molecule has 1 amide bonds. The first-order valence-corrected chi connectivity index (χ1v) is 5.23. The monoisotopic (exact) mass is 214 g/mol. The highest BCUT2D eigenvalue weighted by Crippen LogP contribution is 2.03. The molecule has 16 heavy (non-hydrogen) atoms. The predicted octanol–water partition coefficient (Wildman–Crippen LogP) is 2.25. The van der Waals surface area contributed by atoms with Crippen LogP contribution in [0, 0.1) is 6.92 Å². The van der Waals surface area contributed by atoms with Gasteiger partial charge >= 0.3 is 0 Å². The van der Waals surface area contributed by atoms with Crippen molar-refractivity contribution in [3.63, 3.8) is 0 Å². The first-order valence-electron chi connectivity index (χ1n) is 5.23. The highest BCUT2D eigenvalue weighted by atomic mass is 16.1. The van der Waals surface area contributed by atoms with E-state index in [4.69, 9.17) is 0 Å². The van der Waals surface area contributed by atoms with Gasteiger partial charge in [-0.2, -0.15) is 0 Å². The smallest absolute Gasteiger partial charge is 0.251 e. The van der Waals surface area contributed by atoms with E-state index < -0.39 is 0 Å². The predicted molar refractivity (Wildman–Crippen MR) is 63.1 cm³/mol. The van der Waals surface area contributed by atoms with Crippen LogP contribution in [-0.4, -0.2) is 10.9 Å². The third-order valence-electron chi connectivity index (χ3n) is 2.42. The van der Waals surface area contributed by atoms with Crippen molar-refractivity contribution in [1.29, 1.82) is 0 Å². The number of H-pyrrole nitrogens is 1. The van der Waals surface area contributed by atoms with Gasteiger partial charge in [0.25, 0.3) is 5.91 Å². The molecule has 0 aliphatic carbocycles. The number of carbonyl (C=O) groups excluding carboxylic acids is 1. The van der Waals surface area contributed by atoms with Crippen LogP contribution in [-0.2, 0) is 6.54 Å². The summed E-state index contributed by atoms with van der Waals surface area (Å²) in [6.45, 7) is 2.53. The lowest BCUT2D eigenvalue weighted by molar-refractivity contribution is 0.0950. The lowest BCUT2D eigenvalue weighted by Crippen LogP contribution is -2.22. The molecule has 2 N–H and O–H groups in total. The highest BCUT2D eigenvalue weighted by Gasteiger charge is 2.04. The van der Waals surface area contributed by atoms with E-state index in [1.807, 2.05) is 49.5 Å². The number of benzene rings is 1. The summed E-state index contributed by atoms with van der Waals surface area (Å²) in [6.07, 6.45) is 1.84. The lowest BCUT2D eigenvalue weighted by Gasteiger charge is -2.04. The molecule has 3 nitrogen and oxygen atoms in total. The largest absolute Gasteiger partial charge is 0.364 e. The fourth-order valence-electron chi connectivity index (χ4n) is 1.46. The average molecular weight is 214 g/mol. The molecule has 0 aliphatic heterocycles. The molecular weight excluding hydrogens is 200 g/mol. The Bertz CT molecular complexity index is 457. The van der Waals surface area contributed by atoms with Gasteiger partial charge in [0, 0.05) is 17.5 Å². The Kier molecular flexibility index (Phi) is 3.05. The summed E-state index contributed by atoms with van der Waals surface area (Å²) in [7, 11) is 0. The van der Waals surface area contributed by atoms with Crippen LogP contribution in [0.15, 0.2) is 42.6 Å². The number of carbonyl (C=O) groups is 1. The first-order chi connectivity index (χ1) is 7.75. The Labute approximate surface area is 94.5 Å². The van der Waals surface area contributed by atoms with Crippen molar-refractivity contribution in [2.45, 2.75) is 13.5 Å². The van der Waals surface area contributed by atoms with Crippen molar-refractivity contribution < 1.29 is 4.79 Å². The maximum Gasteiger partial charge on any atom is 0.251 e. The molecule has 2 rings (SSSR count). The molecule has 0 saturated heterocycles. The number of aromatic nitrogens is 1. The third-order valence-corrected chi connectivity index (χ3v) is 2.42. The minimum Gasteiger partial charge on any atom is -0.364 e. The second-order valence-electron chi connectivity index (χ2n) is 3.74. The molecule has 0 radical (unpaired) electrons. The van der Waals surface area contributed by atoms with E-state index in [0.717, 1.165) is 11.3 Å². The molecule has 0 saturated carbocycles. The number of amides is 1. The van der Waals surface area contributed by atoms with E-state index >= 15 is 0 Å². The van der Waals surface area contributed by atoms with E-state index in [1.54, 1.807) is 0 Å². The van der Waals surface area contributed by atoms with Gasteiger partial charge in [-0.05, 0) is 31.2 Å². The van der Waals surface area contributed by atoms with Crippen molar-refractivity contribution in [2.75, 3.05) is 0 Å². The van der Waals surface area contributed by atoms with Crippen LogP contribution in [0.4, 0.5) is 0 Å². The van der Waals surface area contributed by atoms with Crippen LogP contribution in [0.25, 0.3) is 0 Å². The SMILES string of the molecule is Cc1ccc(C(=O)NCc2ccc[nH]2)cc1. The lowest BCUT2D eigenvalue weighted by atomic mass is 10.1. The van der Waals surface area contributed by atoms with Crippen molar-refractivity contribution in [3.8, 4) is 0 Å². The number of rotatable bonds is 3. The van der Waals surface area contributed by atoms with E-state index in [-0.39, 0.29) is 5.91 Å². The molecule has 82 valence electrons. The molecule has 1 aromatic carbocycles. The third kappa shape index (κ3) is 2.51. The normalized spacial score (nSPS) is 10.1. The number of aryl methyl sites for hydroxylation is 1. The van der Waals surface area contributed by atoms with Crippen LogP contribution in [0.1, 0.15) is 21.6 Å². The zero-order valence-electron chi connectivity index (χ0n) is 9.16. The standard InChI is InChI=1S/C13H14N2O/c1-10-4-6-11(7-5-10)13(16)15-9-12-3-2-8-14-12/h2-8,14H,9H2,1H3,(H,15,16). The van der Waals surface area contributed by atoms with E-state index in [1.165, 1.54) is 0 Å². The van der Waals surface area contributed by atoms with Gasteiger partial charge in [0.15, 0.2) is 0 Å². The van der Waals surface area contributed by atoms with Gasteiger partial charge in [0.1, 0.15) is 0 Å². The quantitative estimate of drug-likeness (QED) is 0.808. The molecule has 2 aromatic rings. The number of aromatic amines is 1. The van der Waals surface area contributed by atoms with E-state index in [2.05, 4.69) is 10.3 Å². The minimum atomic E-state index is -0.0467. The molecule has 0 atom stereocenters. The van der Waals surface area contributed by atoms with Gasteiger partial charge < -0.3 is 10.3 Å². The van der Waals surface area contributed by atoms with Crippen LogP contribution < -0.4 is 5.32 Å². The molecule has 1 heterocycles. The Morgan fingerprint density at radius 3 is 2.62 bits per heavy atom. The molecular formula is C13H14N2O. The van der Waals surface area contributed by atoms with Crippen LogP contribution in [0.3, 0.4) is 0 Å². The summed E-state index contributed by atoms with van der Waals surface area (Å²) in [6, 6.07) is 11.4. The van der Waals surface area contributed by atoms with Gasteiger partial charge in [-0.25, -0.2) is 0 Å². The second kappa shape index (κ2) is 4.66. The summed E-state index contributed by atoms with van der Waals surface area (Å²) in [5.41, 5.74) is 2.85. The van der Waals surface area contributed by atoms with Gasteiger partial charge in [0.2, 0.25) is 0 Å². The zero-order chi connectivity index (χ0) is 11.4. The van der Waals surface area contributed by atoms with Crippen molar-refractivity contribution in [2.24, 2.45) is 0 Å². The Hall–Kier alpha value is -2.03. The molecule has 0 unspecified atom stereocenters. The Morgan fingerprint density at radius 2 is 2.00 bits per heavy atom. The minimum absolute atomic E-state index is 0.0467. The first kappa shape index (κ1) is 10.5. The molecule has 0 aliphatic rings. The number of nitrogens with one attached hydrogen (secondary N) is 2. The summed E-state index contributed by atoms with van der Waals surface area (Å²) in [5.74, 6) is -0.0467. The van der Waals surface area contributed by atoms with Crippen LogP contribution >= 0.6 is 0 Å². The maximum atomic E-state index is 11.7. The van der Waals surface area contributed by atoms with Gasteiger partial charge in [-0.15, -0.1) is 0 Å². The molecule has 0 fully saturated rings. The van der Waals surface area contributed by atoms with Gasteiger partial charge in [-0.3, -0.25) is 4.79 Å². The summed E-state index contributed by atoms with van der Waals surface area (Å²) in [4.78, 5) is 14.8. The molecule has 0 spiro atoms. The Balaban J connectivity index is 1.95. The summed E-state index contributed by atoms with van der Waals surface area (Å²) >= 11 is 0. The summed E-state index contributed by atoms with van der Waals surface area (Å²) < 4.78 is 0. The average Bonchev–Trinajstić information content (AvgIpc) is 2.80. The van der Waals surface area contributed by atoms with Crippen molar-refractivity contribution in [3.05, 3.63) is 59.4 Å². The molecule has 3 heteroatoms. The summed E-state index contributed by atoms with van der Waals surface area (Å²) in [5, 5.41) is 2.85. The molecule has 1 aromatic heterocycles. The molecule has 0 bridgehead atoms. The fourth-order valence-corrected chi connectivity index (χ4v) is 1.46.